The second-order valence-corrected chi connectivity index (χ2v) is 6.75. The molecule has 1 aliphatic rings. The number of ether oxygens (including phenoxy) is 1. The van der Waals surface area contributed by atoms with E-state index in [0.29, 0.717) is 35.9 Å². The number of nitrogens with one attached hydrogen (secondary N) is 2. The van der Waals surface area contributed by atoms with E-state index in [4.69, 9.17) is 9.26 Å². The monoisotopic (exact) mass is 377 g/mol. The van der Waals surface area contributed by atoms with Crippen LogP contribution in [0.25, 0.3) is 0 Å². The number of carbonyl (C=O) groups is 2. The average Bonchev–Trinajstić information content (AvgIpc) is 3.42. The number of anilines is 2. The number of carbonyl (C=O) groups excluding carboxylic acids is 2. The normalized spacial score (nSPS) is 14.2. The topological polar surface area (TPSA) is 93.5 Å². The summed E-state index contributed by atoms with van der Waals surface area (Å²) in [5, 5.41) is 9.18. The van der Waals surface area contributed by atoms with Gasteiger partial charge in [-0.3, -0.25) is 9.59 Å². The first kappa shape index (κ1) is 17.8. The molecule has 28 heavy (non-hydrogen) atoms. The standard InChI is InChI=1S/C21H19N3O4/c1-14-13-18(24-28-14)23-20(26)21(11-12-21)19(25)22-15-7-9-17(10-8-15)27-16-5-3-2-4-6-16/h2-10,13H,11-12H2,1H3,(H,22,25)(H,23,24,26). The third-order valence-corrected chi connectivity index (χ3v) is 4.58. The van der Waals surface area contributed by atoms with E-state index in [1.807, 2.05) is 30.3 Å². The van der Waals surface area contributed by atoms with Crippen LogP contribution in [0.3, 0.4) is 0 Å². The molecular formula is C21H19N3O4. The molecule has 0 radical (unpaired) electrons. The molecule has 2 amide bonds. The third-order valence-electron chi connectivity index (χ3n) is 4.58. The first-order valence-corrected chi connectivity index (χ1v) is 8.94. The molecule has 1 fully saturated rings. The molecular weight excluding hydrogens is 358 g/mol. The molecule has 4 rings (SSSR count). The van der Waals surface area contributed by atoms with E-state index >= 15 is 0 Å². The number of benzene rings is 2. The van der Waals surface area contributed by atoms with Crippen LogP contribution in [-0.2, 0) is 9.59 Å². The van der Waals surface area contributed by atoms with E-state index in [1.165, 1.54) is 0 Å². The fraction of sp³-hybridized carbons (Fsp3) is 0.190. The molecule has 1 saturated carbocycles. The van der Waals surface area contributed by atoms with Crippen LogP contribution >= 0.6 is 0 Å². The lowest BCUT2D eigenvalue weighted by atomic mass is 10.1. The highest BCUT2D eigenvalue weighted by atomic mass is 16.5. The van der Waals surface area contributed by atoms with Crippen LogP contribution in [0.2, 0.25) is 0 Å². The predicted molar refractivity (Wildman–Crippen MR) is 103 cm³/mol. The van der Waals surface area contributed by atoms with Crippen LogP contribution in [0.5, 0.6) is 11.5 Å². The second kappa shape index (κ2) is 7.19. The number of rotatable bonds is 6. The quantitative estimate of drug-likeness (QED) is 0.630. The van der Waals surface area contributed by atoms with Crippen molar-refractivity contribution in [3.63, 3.8) is 0 Å². The van der Waals surface area contributed by atoms with Crippen molar-refractivity contribution in [2.75, 3.05) is 10.6 Å². The van der Waals surface area contributed by atoms with Crippen LogP contribution in [0.1, 0.15) is 18.6 Å². The van der Waals surface area contributed by atoms with Gasteiger partial charge in [-0.1, -0.05) is 23.4 Å². The second-order valence-electron chi connectivity index (χ2n) is 6.75. The molecule has 1 aliphatic carbocycles. The van der Waals surface area contributed by atoms with Crippen molar-refractivity contribution >= 4 is 23.3 Å². The number of aromatic nitrogens is 1. The summed E-state index contributed by atoms with van der Waals surface area (Å²) in [6, 6.07) is 18.0. The highest BCUT2D eigenvalue weighted by molar-refractivity contribution is 6.16. The molecule has 142 valence electrons. The van der Waals surface area contributed by atoms with Crippen molar-refractivity contribution in [3.8, 4) is 11.5 Å². The number of hydrogen-bond acceptors (Lipinski definition) is 5. The van der Waals surface area contributed by atoms with Gasteiger partial charge in [0.05, 0.1) is 0 Å². The first-order chi connectivity index (χ1) is 13.5. The van der Waals surface area contributed by atoms with Gasteiger partial charge >= 0.3 is 0 Å². The van der Waals surface area contributed by atoms with Crippen molar-refractivity contribution in [3.05, 3.63) is 66.4 Å². The van der Waals surface area contributed by atoms with Gasteiger partial charge < -0.3 is 19.9 Å². The zero-order valence-corrected chi connectivity index (χ0v) is 15.3. The van der Waals surface area contributed by atoms with Gasteiger partial charge in [0.25, 0.3) is 0 Å². The van der Waals surface area contributed by atoms with Crippen LogP contribution in [0, 0.1) is 12.3 Å². The van der Waals surface area contributed by atoms with E-state index in [0.717, 1.165) is 5.75 Å². The Balaban J connectivity index is 1.38. The Morgan fingerprint density at radius 2 is 1.61 bits per heavy atom. The summed E-state index contributed by atoms with van der Waals surface area (Å²) in [6.45, 7) is 1.73. The largest absolute Gasteiger partial charge is 0.457 e. The molecule has 1 aromatic heterocycles. The number of nitrogens with zero attached hydrogens (tertiary/aromatic N) is 1. The Hall–Kier alpha value is -3.61. The minimum Gasteiger partial charge on any atom is -0.457 e. The summed E-state index contributed by atoms with van der Waals surface area (Å²) in [4.78, 5) is 25.2. The van der Waals surface area contributed by atoms with Gasteiger partial charge in [-0.2, -0.15) is 0 Å². The Morgan fingerprint density at radius 1 is 0.964 bits per heavy atom. The van der Waals surface area contributed by atoms with Gasteiger partial charge in [0.15, 0.2) is 5.82 Å². The van der Waals surface area contributed by atoms with Gasteiger partial charge in [-0.25, -0.2) is 0 Å². The van der Waals surface area contributed by atoms with Crippen molar-refractivity contribution in [2.24, 2.45) is 5.41 Å². The van der Waals surface area contributed by atoms with Crippen LogP contribution in [0.15, 0.2) is 65.2 Å². The van der Waals surface area contributed by atoms with E-state index < -0.39 is 5.41 Å². The Bertz CT molecular complexity index is 992. The predicted octanol–water partition coefficient (Wildman–Crippen LogP) is 4.13. The highest BCUT2D eigenvalue weighted by Gasteiger charge is 2.56. The van der Waals surface area contributed by atoms with Crippen molar-refractivity contribution < 1.29 is 18.8 Å². The molecule has 2 aromatic carbocycles. The molecule has 0 spiro atoms. The Kier molecular flexibility index (Phi) is 4.57. The van der Waals surface area contributed by atoms with Gasteiger partial charge in [0.1, 0.15) is 22.7 Å². The zero-order valence-electron chi connectivity index (χ0n) is 15.3. The summed E-state index contributed by atoms with van der Waals surface area (Å²) in [5.41, 5.74) is -0.465. The minimum atomic E-state index is -1.06. The van der Waals surface area contributed by atoms with E-state index in [1.54, 1.807) is 37.3 Å². The lowest BCUT2D eigenvalue weighted by Gasteiger charge is -2.14. The summed E-state index contributed by atoms with van der Waals surface area (Å²) >= 11 is 0. The number of para-hydroxylation sites is 1. The van der Waals surface area contributed by atoms with Gasteiger partial charge in [0.2, 0.25) is 11.8 Å². The molecule has 1 heterocycles. The Morgan fingerprint density at radius 3 is 2.21 bits per heavy atom. The first-order valence-electron chi connectivity index (χ1n) is 8.94. The lowest BCUT2D eigenvalue weighted by Crippen LogP contribution is -2.35. The van der Waals surface area contributed by atoms with Gasteiger partial charge in [-0.15, -0.1) is 0 Å². The molecule has 0 atom stereocenters. The third kappa shape index (κ3) is 3.73. The molecule has 0 bridgehead atoms. The number of aryl methyl sites for hydroxylation is 1. The van der Waals surface area contributed by atoms with Crippen LogP contribution in [0.4, 0.5) is 11.5 Å². The summed E-state index contributed by atoms with van der Waals surface area (Å²) in [6.07, 6.45) is 0.993. The molecule has 0 saturated heterocycles. The Labute approximate surface area is 161 Å². The minimum absolute atomic E-state index is 0.309. The molecule has 2 N–H and O–H groups in total. The van der Waals surface area contributed by atoms with Crippen molar-refractivity contribution in [1.82, 2.24) is 5.16 Å². The summed E-state index contributed by atoms with van der Waals surface area (Å²) in [7, 11) is 0. The smallest absolute Gasteiger partial charge is 0.241 e. The maximum absolute atomic E-state index is 12.7. The SMILES string of the molecule is Cc1cc(NC(=O)C2(C(=O)Nc3ccc(Oc4ccccc4)cc3)CC2)no1. The number of hydrogen-bond donors (Lipinski definition) is 2. The average molecular weight is 377 g/mol. The van der Waals surface area contributed by atoms with Gasteiger partial charge in [-0.05, 0) is 56.2 Å². The van der Waals surface area contributed by atoms with E-state index in [2.05, 4.69) is 15.8 Å². The fourth-order valence-corrected chi connectivity index (χ4v) is 2.83. The van der Waals surface area contributed by atoms with E-state index in [9.17, 15) is 9.59 Å². The molecule has 3 aromatic rings. The van der Waals surface area contributed by atoms with Crippen molar-refractivity contribution in [2.45, 2.75) is 19.8 Å². The molecule has 7 nitrogen and oxygen atoms in total. The highest BCUT2D eigenvalue weighted by Crippen LogP contribution is 2.47. The number of amides is 2. The summed E-state index contributed by atoms with van der Waals surface area (Å²) in [5.74, 6) is 1.58. The molecule has 0 unspecified atom stereocenters. The van der Waals surface area contributed by atoms with Crippen molar-refractivity contribution in [1.29, 1.82) is 0 Å². The van der Waals surface area contributed by atoms with Crippen LogP contribution < -0.4 is 15.4 Å². The zero-order chi connectivity index (χ0) is 19.6. The molecule has 0 aliphatic heterocycles. The summed E-state index contributed by atoms with van der Waals surface area (Å²) < 4.78 is 10.7. The maximum atomic E-state index is 12.7. The van der Waals surface area contributed by atoms with Crippen LogP contribution in [-0.4, -0.2) is 17.0 Å². The molecule has 7 heteroatoms. The van der Waals surface area contributed by atoms with E-state index in [-0.39, 0.29) is 11.8 Å². The van der Waals surface area contributed by atoms with Gasteiger partial charge in [0, 0.05) is 11.8 Å². The lowest BCUT2D eigenvalue weighted by molar-refractivity contribution is -0.131. The fourth-order valence-electron chi connectivity index (χ4n) is 2.83. The maximum Gasteiger partial charge on any atom is 0.241 e.